The highest BCUT2D eigenvalue weighted by Gasteiger charge is 2.77. The summed E-state index contributed by atoms with van der Waals surface area (Å²) in [5.41, 5.74) is 0.532. The first kappa shape index (κ1) is 27.7. The van der Waals surface area contributed by atoms with Gasteiger partial charge in [-0.05, 0) is 51.2 Å². The molecule has 3 fully saturated rings. The number of aliphatic hydroxyl groups excluding tert-OH is 1. The molecule has 1 spiro atoms. The summed E-state index contributed by atoms with van der Waals surface area (Å²) in [7, 11) is 0. The molecule has 0 aromatic heterocycles. The number of hydrogen-bond donors (Lipinski definition) is 1. The van der Waals surface area contributed by atoms with Crippen molar-refractivity contribution in [3.05, 3.63) is 54.6 Å². The molecule has 1 aromatic carbocycles. The number of esters is 1. The zero-order valence-electron chi connectivity index (χ0n) is 21.2. The number of anilines is 1. The molecular weight excluding hydrogens is 512 g/mol. The summed E-state index contributed by atoms with van der Waals surface area (Å²) >= 11 is 8.04. The van der Waals surface area contributed by atoms with Crippen LogP contribution in [0.2, 0.25) is 5.02 Å². The zero-order chi connectivity index (χ0) is 26.8. The Balaban J connectivity index is 1.68. The van der Waals surface area contributed by atoms with Gasteiger partial charge in [-0.25, -0.2) is 0 Å². The largest absolute Gasteiger partial charge is 0.465 e. The van der Waals surface area contributed by atoms with Crippen molar-refractivity contribution >= 4 is 46.8 Å². The number of nitrogens with zero attached hydrogens (tertiary/aromatic N) is 2. The number of para-hydroxylation sites is 1. The minimum absolute atomic E-state index is 0.0124. The standard InChI is InChI=1S/C28H35ClN2O5S/c1-4-6-7-10-18-36-26(35)22-21-24(33)31(16-17-32)23(28(21)14-13-27(22,3)37-28)25(34)30(15-5-2)20-12-9-8-11-19(20)29/h4-5,8-9,11-12,21-23,32H,1-2,6-7,10,13-18H2,3H3/t21-,22-,23?,27+,28?/m0/s1. The molecule has 0 saturated carbocycles. The Morgan fingerprint density at radius 1 is 1.27 bits per heavy atom. The summed E-state index contributed by atoms with van der Waals surface area (Å²) in [6.45, 7) is 9.76. The van der Waals surface area contributed by atoms with E-state index in [-0.39, 0.29) is 37.5 Å². The maximum absolute atomic E-state index is 14.3. The van der Waals surface area contributed by atoms with E-state index in [0.717, 1.165) is 19.3 Å². The number of benzene rings is 1. The van der Waals surface area contributed by atoms with Gasteiger partial charge in [0.25, 0.3) is 5.91 Å². The third kappa shape index (κ3) is 4.72. The number of aliphatic hydroxyl groups is 1. The van der Waals surface area contributed by atoms with Crippen molar-refractivity contribution in [2.24, 2.45) is 11.8 Å². The molecule has 3 saturated heterocycles. The summed E-state index contributed by atoms with van der Waals surface area (Å²) in [5, 5.41) is 10.2. The summed E-state index contributed by atoms with van der Waals surface area (Å²) in [5.74, 6) is -2.26. The number of rotatable bonds is 12. The highest BCUT2D eigenvalue weighted by molar-refractivity contribution is 8.02. The number of halogens is 1. The minimum Gasteiger partial charge on any atom is -0.465 e. The van der Waals surface area contributed by atoms with Crippen LogP contribution in [0, 0.1) is 11.8 Å². The number of thioether (sulfide) groups is 1. The number of allylic oxidation sites excluding steroid dienone is 1. The Hall–Kier alpha value is -2.29. The fraction of sp³-hybridized carbons (Fsp3) is 0.536. The van der Waals surface area contributed by atoms with E-state index >= 15 is 0 Å². The van der Waals surface area contributed by atoms with Gasteiger partial charge in [0.2, 0.25) is 5.91 Å². The number of ether oxygens (including phenoxy) is 1. The molecule has 3 heterocycles. The molecule has 0 radical (unpaired) electrons. The third-order valence-electron chi connectivity index (χ3n) is 7.87. The molecular formula is C28H35ClN2O5S. The second-order valence-electron chi connectivity index (χ2n) is 10.1. The fourth-order valence-corrected chi connectivity index (χ4v) is 8.90. The van der Waals surface area contributed by atoms with E-state index in [4.69, 9.17) is 16.3 Å². The van der Waals surface area contributed by atoms with Crippen LogP contribution in [0.15, 0.2) is 49.6 Å². The molecule has 1 aromatic rings. The second-order valence-corrected chi connectivity index (χ2v) is 12.4. The number of amides is 2. The molecule has 1 N–H and O–H groups in total. The van der Waals surface area contributed by atoms with E-state index in [2.05, 4.69) is 13.2 Å². The van der Waals surface area contributed by atoms with Crippen LogP contribution in [0.5, 0.6) is 0 Å². The molecule has 3 aliphatic heterocycles. The lowest BCUT2D eigenvalue weighted by molar-refractivity contribution is -0.155. The Morgan fingerprint density at radius 2 is 2.03 bits per heavy atom. The molecule has 200 valence electrons. The van der Waals surface area contributed by atoms with Crippen molar-refractivity contribution in [2.45, 2.75) is 54.6 Å². The normalized spacial score (nSPS) is 29.8. The van der Waals surface area contributed by atoms with E-state index < -0.39 is 27.4 Å². The molecule has 5 atom stereocenters. The number of fused-ring (bicyclic) bond motifs is 1. The van der Waals surface area contributed by atoms with Crippen LogP contribution in [0.4, 0.5) is 5.69 Å². The lowest BCUT2D eigenvalue weighted by Gasteiger charge is -2.37. The topological polar surface area (TPSA) is 87.1 Å². The van der Waals surface area contributed by atoms with Gasteiger partial charge < -0.3 is 19.6 Å². The smallest absolute Gasteiger partial charge is 0.311 e. The van der Waals surface area contributed by atoms with Gasteiger partial charge in [-0.15, -0.1) is 24.9 Å². The van der Waals surface area contributed by atoms with Gasteiger partial charge in [0.1, 0.15) is 6.04 Å². The summed E-state index contributed by atoms with van der Waals surface area (Å²) in [4.78, 5) is 44.6. The second kappa shape index (κ2) is 11.2. The number of hydrogen-bond acceptors (Lipinski definition) is 6. The van der Waals surface area contributed by atoms with Crippen molar-refractivity contribution in [1.82, 2.24) is 4.90 Å². The fourth-order valence-electron chi connectivity index (χ4n) is 6.32. The third-order valence-corrected chi connectivity index (χ3v) is 10.2. The highest BCUT2D eigenvalue weighted by atomic mass is 35.5. The lowest BCUT2D eigenvalue weighted by atomic mass is 9.66. The number of unbranched alkanes of at least 4 members (excludes halogenated alkanes) is 2. The Bertz CT molecular complexity index is 1080. The zero-order valence-corrected chi connectivity index (χ0v) is 22.8. The summed E-state index contributed by atoms with van der Waals surface area (Å²) < 4.78 is 4.38. The molecule has 7 nitrogen and oxygen atoms in total. The predicted octanol–water partition coefficient (Wildman–Crippen LogP) is 4.23. The summed E-state index contributed by atoms with van der Waals surface area (Å²) in [6, 6.07) is 6.22. The van der Waals surface area contributed by atoms with Gasteiger partial charge in [0.05, 0.1) is 40.5 Å². The molecule has 2 unspecified atom stereocenters. The number of carbonyl (C=O) groups is 3. The Morgan fingerprint density at radius 3 is 2.70 bits per heavy atom. The van der Waals surface area contributed by atoms with Gasteiger partial charge in [-0.3, -0.25) is 14.4 Å². The van der Waals surface area contributed by atoms with Crippen LogP contribution in [0.3, 0.4) is 0 Å². The van der Waals surface area contributed by atoms with Crippen LogP contribution in [0.25, 0.3) is 0 Å². The highest BCUT2D eigenvalue weighted by Crippen LogP contribution is 2.71. The molecule has 2 bridgehead atoms. The first-order chi connectivity index (χ1) is 17.8. The number of carbonyl (C=O) groups excluding carboxylic acids is 3. The quantitative estimate of drug-likeness (QED) is 0.240. The molecule has 2 amide bonds. The first-order valence-corrected chi connectivity index (χ1v) is 14.0. The van der Waals surface area contributed by atoms with Crippen molar-refractivity contribution < 1.29 is 24.2 Å². The van der Waals surface area contributed by atoms with E-state index in [1.807, 2.05) is 13.0 Å². The Labute approximate surface area is 227 Å². The van der Waals surface area contributed by atoms with E-state index in [0.29, 0.717) is 30.2 Å². The average Bonchev–Trinajstić information content (AvgIpc) is 3.44. The van der Waals surface area contributed by atoms with Gasteiger partial charge in [0.15, 0.2) is 0 Å². The van der Waals surface area contributed by atoms with Gasteiger partial charge in [-0.1, -0.05) is 35.9 Å². The number of likely N-dealkylation sites (tertiary alicyclic amines) is 1. The van der Waals surface area contributed by atoms with Crippen LogP contribution in [0.1, 0.15) is 39.0 Å². The van der Waals surface area contributed by atoms with Crippen LogP contribution in [-0.2, 0) is 19.1 Å². The lowest BCUT2D eigenvalue weighted by Crippen LogP contribution is -2.55. The van der Waals surface area contributed by atoms with Crippen LogP contribution in [-0.4, -0.2) is 69.6 Å². The Kier molecular flexibility index (Phi) is 8.41. The van der Waals surface area contributed by atoms with E-state index in [9.17, 15) is 19.5 Å². The van der Waals surface area contributed by atoms with Crippen molar-refractivity contribution in [2.75, 3.05) is 31.2 Å². The SMILES string of the molecule is C=CCCCCOC(=O)[C@@H]1[C@H]2C(=O)N(CCO)C(C(=O)N(CC=C)c3ccccc3Cl)C23CC[C@@]1(C)S3. The van der Waals surface area contributed by atoms with Gasteiger partial charge in [0, 0.05) is 17.8 Å². The van der Waals surface area contributed by atoms with Gasteiger partial charge in [-0.2, -0.15) is 0 Å². The van der Waals surface area contributed by atoms with Gasteiger partial charge >= 0.3 is 5.97 Å². The summed E-state index contributed by atoms with van der Waals surface area (Å²) in [6.07, 6.45) is 7.23. The average molecular weight is 547 g/mol. The maximum Gasteiger partial charge on any atom is 0.311 e. The first-order valence-electron chi connectivity index (χ1n) is 12.8. The van der Waals surface area contributed by atoms with Crippen molar-refractivity contribution in [3.63, 3.8) is 0 Å². The van der Waals surface area contributed by atoms with Crippen LogP contribution < -0.4 is 4.90 Å². The molecule has 3 aliphatic rings. The maximum atomic E-state index is 14.3. The molecule has 9 heteroatoms. The molecule has 4 rings (SSSR count). The van der Waals surface area contributed by atoms with E-state index in [1.54, 1.807) is 47.0 Å². The molecule has 0 aliphatic carbocycles. The van der Waals surface area contributed by atoms with Crippen molar-refractivity contribution in [1.29, 1.82) is 0 Å². The molecule has 37 heavy (non-hydrogen) atoms. The predicted molar refractivity (Wildman–Crippen MR) is 147 cm³/mol. The monoisotopic (exact) mass is 546 g/mol. The van der Waals surface area contributed by atoms with Crippen molar-refractivity contribution in [3.8, 4) is 0 Å². The number of β-amino-alcohol motifs (C(OH)–C–C–N with tert-alkyl or cyclic N) is 1. The van der Waals surface area contributed by atoms with E-state index in [1.165, 1.54) is 4.90 Å². The van der Waals surface area contributed by atoms with Crippen LogP contribution >= 0.6 is 23.4 Å². The minimum atomic E-state index is -0.842.